The van der Waals surface area contributed by atoms with E-state index in [0.29, 0.717) is 12.5 Å². The van der Waals surface area contributed by atoms with Crippen LogP contribution < -0.4 is 5.73 Å². The zero-order valence-electron chi connectivity index (χ0n) is 8.76. The highest BCUT2D eigenvalue weighted by Crippen LogP contribution is 2.31. The third-order valence-corrected chi connectivity index (χ3v) is 5.05. The lowest BCUT2D eigenvalue weighted by Crippen LogP contribution is -2.26. The first-order valence-corrected chi connectivity index (χ1v) is 6.70. The maximum atomic E-state index is 12.3. The van der Waals surface area contributed by atoms with Crippen molar-refractivity contribution in [2.45, 2.75) is 29.4 Å². The Morgan fingerprint density at radius 3 is 2.67 bits per heavy atom. The maximum Gasteiger partial charge on any atom is 0.0564 e. The summed E-state index contributed by atoms with van der Waals surface area (Å²) in [5, 5.41) is 0.275. The van der Waals surface area contributed by atoms with E-state index in [-0.39, 0.29) is 5.25 Å². The van der Waals surface area contributed by atoms with Gasteiger partial charge in [0.1, 0.15) is 0 Å². The molecule has 0 radical (unpaired) electrons. The zero-order valence-corrected chi connectivity index (χ0v) is 9.58. The first kappa shape index (κ1) is 10.8. The molecule has 0 spiro atoms. The topological polar surface area (TPSA) is 43.1 Å². The maximum absolute atomic E-state index is 12.3. The molecule has 0 heterocycles. The van der Waals surface area contributed by atoms with Crippen LogP contribution in [0, 0.1) is 5.92 Å². The third kappa shape index (κ3) is 2.29. The quantitative estimate of drug-likeness (QED) is 0.850. The van der Waals surface area contributed by atoms with Gasteiger partial charge in [0.15, 0.2) is 0 Å². The van der Waals surface area contributed by atoms with Crippen molar-refractivity contribution in [2.24, 2.45) is 11.7 Å². The molecule has 3 heteroatoms. The molecule has 0 bridgehead atoms. The zero-order chi connectivity index (χ0) is 10.7. The largest absolute Gasteiger partial charge is 0.330 e. The fourth-order valence-corrected chi connectivity index (χ4v) is 4.04. The van der Waals surface area contributed by atoms with Gasteiger partial charge in [-0.1, -0.05) is 24.6 Å². The fourth-order valence-electron chi connectivity index (χ4n) is 2.28. The van der Waals surface area contributed by atoms with Crippen molar-refractivity contribution in [1.29, 1.82) is 0 Å². The molecule has 3 unspecified atom stereocenters. The molecule has 15 heavy (non-hydrogen) atoms. The normalized spacial score (nSPS) is 27.8. The summed E-state index contributed by atoms with van der Waals surface area (Å²) in [6.07, 6.45) is 3.37. The van der Waals surface area contributed by atoms with Crippen LogP contribution in [0.5, 0.6) is 0 Å². The molecule has 1 aromatic carbocycles. The Balaban J connectivity index is 2.14. The van der Waals surface area contributed by atoms with Gasteiger partial charge < -0.3 is 5.73 Å². The molecule has 82 valence electrons. The van der Waals surface area contributed by atoms with Crippen LogP contribution in [-0.4, -0.2) is 16.0 Å². The van der Waals surface area contributed by atoms with E-state index in [9.17, 15) is 4.21 Å². The highest BCUT2D eigenvalue weighted by molar-refractivity contribution is 7.85. The van der Waals surface area contributed by atoms with Gasteiger partial charge in [-0.25, -0.2) is 0 Å². The molecule has 2 N–H and O–H groups in total. The van der Waals surface area contributed by atoms with Crippen molar-refractivity contribution in [3.63, 3.8) is 0 Å². The van der Waals surface area contributed by atoms with E-state index in [0.717, 1.165) is 17.7 Å². The molecule has 1 aliphatic rings. The van der Waals surface area contributed by atoms with Gasteiger partial charge in [0, 0.05) is 10.1 Å². The van der Waals surface area contributed by atoms with Gasteiger partial charge in [0.05, 0.1) is 10.8 Å². The van der Waals surface area contributed by atoms with E-state index >= 15 is 0 Å². The van der Waals surface area contributed by atoms with Crippen molar-refractivity contribution in [3.05, 3.63) is 30.3 Å². The molecular weight excluding hydrogens is 206 g/mol. The monoisotopic (exact) mass is 223 g/mol. The Labute approximate surface area is 93.3 Å². The Morgan fingerprint density at radius 1 is 1.27 bits per heavy atom. The molecule has 1 saturated carbocycles. The predicted octanol–water partition coefficient (Wildman–Crippen LogP) is 1.92. The average Bonchev–Trinajstić information content (AvgIpc) is 2.77. The SMILES string of the molecule is NCC1CCCC1S(=O)c1ccccc1. The summed E-state index contributed by atoms with van der Waals surface area (Å²) in [5.74, 6) is 0.450. The van der Waals surface area contributed by atoms with Gasteiger partial charge in [-0.15, -0.1) is 0 Å². The third-order valence-electron chi connectivity index (χ3n) is 3.14. The number of rotatable bonds is 3. The van der Waals surface area contributed by atoms with Crippen LogP contribution >= 0.6 is 0 Å². The van der Waals surface area contributed by atoms with Gasteiger partial charge >= 0.3 is 0 Å². The smallest absolute Gasteiger partial charge is 0.0564 e. The first-order chi connectivity index (χ1) is 7.33. The van der Waals surface area contributed by atoms with Crippen molar-refractivity contribution in [1.82, 2.24) is 0 Å². The van der Waals surface area contributed by atoms with Crippen LogP contribution in [-0.2, 0) is 10.8 Å². The second kappa shape index (κ2) is 4.90. The Hall–Kier alpha value is -0.670. The van der Waals surface area contributed by atoms with E-state index in [4.69, 9.17) is 5.73 Å². The molecule has 1 aliphatic carbocycles. The summed E-state index contributed by atoms with van der Waals surface area (Å²) in [6, 6.07) is 9.74. The molecule has 2 rings (SSSR count). The molecule has 1 fully saturated rings. The number of hydrogen-bond acceptors (Lipinski definition) is 2. The lowest BCUT2D eigenvalue weighted by atomic mass is 10.1. The minimum absolute atomic E-state index is 0.275. The van der Waals surface area contributed by atoms with Crippen LogP contribution in [0.15, 0.2) is 35.2 Å². The highest BCUT2D eigenvalue weighted by atomic mass is 32.2. The van der Waals surface area contributed by atoms with Crippen LogP contribution in [0.25, 0.3) is 0 Å². The van der Waals surface area contributed by atoms with Crippen LogP contribution in [0.2, 0.25) is 0 Å². The van der Waals surface area contributed by atoms with Gasteiger partial charge in [0.25, 0.3) is 0 Å². The molecule has 3 atom stereocenters. The van der Waals surface area contributed by atoms with Crippen molar-refractivity contribution in [3.8, 4) is 0 Å². The molecule has 1 aromatic rings. The minimum atomic E-state index is -0.869. The molecule has 0 amide bonds. The second-order valence-electron chi connectivity index (χ2n) is 4.08. The van der Waals surface area contributed by atoms with E-state index in [1.54, 1.807) is 0 Å². The molecule has 2 nitrogen and oxygen atoms in total. The van der Waals surface area contributed by atoms with Crippen LogP contribution in [0.1, 0.15) is 19.3 Å². The lowest BCUT2D eigenvalue weighted by molar-refractivity contribution is 0.557. The van der Waals surface area contributed by atoms with E-state index < -0.39 is 10.8 Å². The molecular formula is C12H17NOS. The van der Waals surface area contributed by atoms with E-state index in [1.807, 2.05) is 30.3 Å². The minimum Gasteiger partial charge on any atom is -0.330 e. The van der Waals surface area contributed by atoms with Gasteiger partial charge in [-0.2, -0.15) is 0 Å². The van der Waals surface area contributed by atoms with Gasteiger partial charge in [0.2, 0.25) is 0 Å². The van der Waals surface area contributed by atoms with Crippen LogP contribution in [0.3, 0.4) is 0 Å². The summed E-state index contributed by atoms with van der Waals surface area (Å²) >= 11 is 0. The Bertz CT molecular complexity index is 339. The number of benzene rings is 1. The van der Waals surface area contributed by atoms with E-state index in [2.05, 4.69) is 0 Å². The summed E-state index contributed by atoms with van der Waals surface area (Å²) in [7, 11) is -0.869. The predicted molar refractivity (Wildman–Crippen MR) is 63.0 cm³/mol. The first-order valence-electron chi connectivity index (χ1n) is 5.48. The average molecular weight is 223 g/mol. The van der Waals surface area contributed by atoms with Crippen molar-refractivity contribution >= 4 is 10.8 Å². The second-order valence-corrected chi connectivity index (χ2v) is 5.75. The highest BCUT2D eigenvalue weighted by Gasteiger charge is 2.31. The Kier molecular flexibility index (Phi) is 3.54. The van der Waals surface area contributed by atoms with Crippen molar-refractivity contribution in [2.75, 3.05) is 6.54 Å². The van der Waals surface area contributed by atoms with Crippen LogP contribution in [0.4, 0.5) is 0 Å². The molecule has 0 aromatic heterocycles. The fraction of sp³-hybridized carbons (Fsp3) is 0.500. The summed E-state index contributed by atoms with van der Waals surface area (Å²) in [6.45, 7) is 0.670. The number of hydrogen-bond donors (Lipinski definition) is 1. The van der Waals surface area contributed by atoms with E-state index in [1.165, 1.54) is 6.42 Å². The standard InChI is InChI=1S/C12H17NOS/c13-9-10-5-4-8-12(10)15(14)11-6-2-1-3-7-11/h1-3,6-7,10,12H,4-5,8-9,13H2. The number of nitrogens with two attached hydrogens (primary N) is 1. The lowest BCUT2D eigenvalue weighted by Gasteiger charge is -2.17. The van der Waals surface area contributed by atoms with Crippen molar-refractivity contribution < 1.29 is 4.21 Å². The summed E-state index contributed by atoms with van der Waals surface area (Å²) in [5.41, 5.74) is 5.71. The van der Waals surface area contributed by atoms with Gasteiger partial charge in [-0.05, 0) is 37.4 Å². The molecule has 0 aliphatic heterocycles. The summed E-state index contributed by atoms with van der Waals surface area (Å²) < 4.78 is 12.3. The Morgan fingerprint density at radius 2 is 2.00 bits per heavy atom. The summed E-state index contributed by atoms with van der Waals surface area (Å²) in [4.78, 5) is 0.947. The molecule has 0 saturated heterocycles. The van der Waals surface area contributed by atoms with Gasteiger partial charge in [-0.3, -0.25) is 4.21 Å².